The third kappa shape index (κ3) is 2.13. The topological polar surface area (TPSA) is 17.1 Å². The normalized spacial score (nSPS) is 16.8. The van der Waals surface area contributed by atoms with Gasteiger partial charge in [0.2, 0.25) is 0 Å². The summed E-state index contributed by atoms with van der Waals surface area (Å²) in [5, 5.41) is 0. The van der Waals surface area contributed by atoms with Crippen LogP contribution in [0.3, 0.4) is 0 Å². The van der Waals surface area contributed by atoms with E-state index in [9.17, 15) is 4.79 Å². The fourth-order valence-electron chi connectivity index (χ4n) is 2.52. The number of ketones is 1. The van der Waals surface area contributed by atoms with Gasteiger partial charge in [-0.2, -0.15) is 0 Å². The molecular formula is C16H13BrO. The van der Waals surface area contributed by atoms with Gasteiger partial charge in [0.1, 0.15) is 0 Å². The van der Waals surface area contributed by atoms with E-state index in [2.05, 4.69) is 40.2 Å². The van der Waals surface area contributed by atoms with Crippen LogP contribution >= 0.6 is 15.9 Å². The molecule has 0 saturated carbocycles. The first kappa shape index (κ1) is 11.7. The molecule has 18 heavy (non-hydrogen) atoms. The van der Waals surface area contributed by atoms with Gasteiger partial charge in [0.05, 0.1) is 0 Å². The minimum atomic E-state index is 0.238. The molecule has 1 atom stereocenters. The van der Waals surface area contributed by atoms with Crippen molar-refractivity contribution in [1.82, 2.24) is 0 Å². The van der Waals surface area contributed by atoms with Gasteiger partial charge in [0, 0.05) is 16.5 Å². The zero-order chi connectivity index (χ0) is 12.5. The van der Waals surface area contributed by atoms with E-state index in [1.165, 1.54) is 11.1 Å². The summed E-state index contributed by atoms with van der Waals surface area (Å²) >= 11 is 3.38. The van der Waals surface area contributed by atoms with Crippen molar-refractivity contribution in [2.75, 3.05) is 0 Å². The number of hydrogen-bond donors (Lipinski definition) is 0. The molecule has 2 aromatic rings. The second kappa shape index (κ2) is 4.69. The summed E-state index contributed by atoms with van der Waals surface area (Å²) in [5.41, 5.74) is 3.55. The lowest BCUT2D eigenvalue weighted by molar-refractivity contribution is 0.0970. The van der Waals surface area contributed by atoms with E-state index in [4.69, 9.17) is 0 Å². The van der Waals surface area contributed by atoms with E-state index in [1.54, 1.807) is 0 Å². The number of carbonyl (C=O) groups is 1. The molecule has 2 heteroatoms. The Morgan fingerprint density at radius 3 is 2.56 bits per heavy atom. The van der Waals surface area contributed by atoms with Crippen molar-refractivity contribution >= 4 is 21.7 Å². The van der Waals surface area contributed by atoms with E-state index in [0.717, 1.165) is 16.5 Å². The van der Waals surface area contributed by atoms with Crippen LogP contribution in [0, 0.1) is 0 Å². The fourth-order valence-corrected chi connectivity index (χ4v) is 2.79. The van der Waals surface area contributed by atoms with E-state index >= 15 is 0 Å². The maximum Gasteiger partial charge on any atom is 0.163 e. The van der Waals surface area contributed by atoms with Crippen LogP contribution < -0.4 is 0 Å². The molecule has 0 heterocycles. The minimum absolute atomic E-state index is 0.238. The molecule has 0 aliphatic heterocycles. The number of halogens is 1. The number of hydrogen-bond acceptors (Lipinski definition) is 1. The number of Topliss-reactive ketones (excluding diaryl/α,β-unsaturated/α-hetero) is 1. The average Bonchev–Trinajstić information content (AvgIpc) is 2.36. The molecule has 1 unspecified atom stereocenters. The fraction of sp³-hybridized carbons (Fsp3) is 0.188. The standard InChI is InChI=1S/C16H13BrO/c17-14-7-5-11(6-8-14)16(18)10-13-9-12-3-1-2-4-15(12)13/h1-8,13H,9-10H2. The molecule has 1 aliphatic carbocycles. The summed E-state index contributed by atoms with van der Waals surface area (Å²) in [6.07, 6.45) is 1.66. The third-order valence-electron chi connectivity index (χ3n) is 3.56. The van der Waals surface area contributed by atoms with Gasteiger partial charge < -0.3 is 0 Å². The summed E-state index contributed by atoms with van der Waals surface area (Å²) in [6, 6.07) is 16.0. The van der Waals surface area contributed by atoms with Crippen LogP contribution in [-0.4, -0.2) is 5.78 Å². The predicted molar refractivity (Wildman–Crippen MR) is 76.0 cm³/mol. The quantitative estimate of drug-likeness (QED) is 0.770. The van der Waals surface area contributed by atoms with Gasteiger partial charge in [0.15, 0.2) is 5.78 Å². The van der Waals surface area contributed by atoms with E-state index in [0.29, 0.717) is 12.3 Å². The lowest BCUT2D eigenvalue weighted by Crippen LogP contribution is -2.20. The lowest BCUT2D eigenvalue weighted by Gasteiger charge is -2.29. The van der Waals surface area contributed by atoms with E-state index in [-0.39, 0.29) is 5.78 Å². The van der Waals surface area contributed by atoms with Crippen LogP contribution in [0.2, 0.25) is 0 Å². The van der Waals surface area contributed by atoms with Gasteiger partial charge in [-0.05, 0) is 35.6 Å². The van der Waals surface area contributed by atoms with Crippen LogP contribution in [0.15, 0.2) is 53.0 Å². The molecule has 1 nitrogen and oxygen atoms in total. The van der Waals surface area contributed by atoms with Crippen molar-refractivity contribution in [2.45, 2.75) is 18.8 Å². The molecule has 90 valence electrons. The molecule has 0 fully saturated rings. The van der Waals surface area contributed by atoms with Crippen molar-refractivity contribution in [3.8, 4) is 0 Å². The molecule has 1 aliphatic rings. The van der Waals surface area contributed by atoms with Gasteiger partial charge >= 0.3 is 0 Å². The van der Waals surface area contributed by atoms with Crippen LogP contribution in [0.25, 0.3) is 0 Å². The Bertz CT molecular complexity index is 586. The minimum Gasteiger partial charge on any atom is -0.294 e. The third-order valence-corrected chi connectivity index (χ3v) is 4.09. The molecule has 0 aromatic heterocycles. The molecule has 2 aromatic carbocycles. The average molecular weight is 301 g/mol. The summed E-state index contributed by atoms with van der Waals surface area (Å²) in [6.45, 7) is 0. The van der Waals surface area contributed by atoms with Crippen molar-refractivity contribution in [3.05, 3.63) is 69.7 Å². The summed E-state index contributed by atoms with van der Waals surface area (Å²) in [7, 11) is 0. The first-order valence-corrected chi connectivity index (χ1v) is 6.90. The van der Waals surface area contributed by atoms with Crippen LogP contribution in [-0.2, 0) is 6.42 Å². The monoisotopic (exact) mass is 300 g/mol. The molecule has 0 amide bonds. The molecule has 0 spiro atoms. The molecular weight excluding hydrogens is 288 g/mol. The predicted octanol–water partition coefficient (Wildman–Crippen LogP) is 4.36. The van der Waals surface area contributed by atoms with Crippen LogP contribution in [0.4, 0.5) is 0 Å². The molecule has 3 rings (SSSR count). The number of carbonyl (C=O) groups excluding carboxylic acids is 1. The highest BCUT2D eigenvalue weighted by Crippen LogP contribution is 2.37. The zero-order valence-corrected chi connectivity index (χ0v) is 11.5. The Labute approximate surface area is 115 Å². The smallest absolute Gasteiger partial charge is 0.163 e. The second-order valence-corrected chi connectivity index (χ2v) is 5.65. The second-order valence-electron chi connectivity index (χ2n) is 4.73. The van der Waals surface area contributed by atoms with Gasteiger partial charge in [-0.25, -0.2) is 0 Å². The Kier molecular flexibility index (Phi) is 3.04. The van der Waals surface area contributed by atoms with Gasteiger partial charge in [-0.3, -0.25) is 4.79 Å². The van der Waals surface area contributed by atoms with Crippen molar-refractivity contribution < 1.29 is 4.79 Å². The Hall–Kier alpha value is -1.41. The molecule has 0 N–H and O–H groups in total. The van der Waals surface area contributed by atoms with Crippen molar-refractivity contribution in [2.24, 2.45) is 0 Å². The van der Waals surface area contributed by atoms with Crippen LogP contribution in [0.1, 0.15) is 33.8 Å². The highest BCUT2D eigenvalue weighted by atomic mass is 79.9. The summed E-state index contributed by atoms with van der Waals surface area (Å²) < 4.78 is 1.01. The van der Waals surface area contributed by atoms with E-state index in [1.807, 2.05) is 24.3 Å². The maximum absolute atomic E-state index is 12.2. The number of benzene rings is 2. The first-order chi connectivity index (χ1) is 8.74. The summed E-state index contributed by atoms with van der Waals surface area (Å²) in [4.78, 5) is 12.2. The molecule has 0 bridgehead atoms. The zero-order valence-electron chi connectivity index (χ0n) is 9.90. The summed E-state index contributed by atoms with van der Waals surface area (Å²) in [5.74, 6) is 0.652. The van der Waals surface area contributed by atoms with Crippen molar-refractivity contribution in [3.63, 3.8) is 0 Å². The van der Waals surface area contributed by atoms with Gasteiger partial charge in [-0.1, -0.05) is 52.3 Å². The Balaban J connectivity index is 1.72. The molecule has 0 radical (unpaired) electrons. The maximum atomic E-state index is 12.2. The first-order valence-electron chi connectivity index (χ1n) is 6.10. The molecule has 0 saturated heterocycles. The number of fused-ring (bicyclic) bond motifs is 1. The Morgan fingerprint density at radius 2 is 1.83 bits per heavy atom. The number of rotatable bonds is 3. The van der Waals surface area contributed by atoms with Crippen molar-refractivity contribution in [1.29, 1.82) is 0 Å². The lowest BCUT2D eigenvalue weighted by atomic mass is 9.74. The van der Waals surface area contributed by atoms with Gasteiger partial charge in [0.25, 0.3) is 0 Å². The highest BCUT2D eigenvalue weighted by molar-refractivity contribution is 9.10. The largest absolute Gasteiger partial charge is 0.294 e. The van der Waals surface area contributed by atoms with E-state index < -0.39 is 0 Å². The Morgan fingerprint density at radius 1 is 1.11 bits per heavy atom. The van der Waals surface area contributed by atoms with Crippen LogP contribution in [0.5, 0.6) is 0 Å². The van der Waals surface area contributed by atoms with Gasteiger partial charge in [-0.15, -0.1) is 0 Å². The highest BCUT2D eigenvalue weighted by Gasteiger charge is 2.27. The SMILES string of the molecule is O=C(CC1Cc2ccccc21)c1ccc(Br)cc1.